The average Bonchev–Trinajstić information content (AvgIpc) is 2.78. The molecule has 1 aromatic heterocycles. The third-order valence-electron chi connectivity index (χ3n) is 4.32. The molecule has 0 aliphatic carbocycles. The molecule has 7 heteroatoms. The van der Waals surface area contributed by atoms with Gasteiger partial charge < -0.3 is 10.6 Å². The molecule has 0 fully saturated rings. The number of thioether (sulfide) groups is 1. The maximum atomic E-state index is 12.8. The molecular weight excluding hydrogens is 396 g/mol. The number of aromatic nitrogens is 1. The van der Waals surface area contributed by atoms with Gasteiger partial charge in [-0.05, 0) is 55.0 Å². The molecular formula is C23H20N4O2S. The lowest BCUT2D eigenvalue weighted by molar-refractivity contribution is -0.113. The smallest absolute Gasteiger partial charge is 0.252 e. The molecule has 0 saturated heterocycles. The van der Waals surface area contributed by atoms with Crippen molar-refractivity contribution in [1.29, 1.82) is 5.26 Å². The SMILES string of the molecule is CC(NC(=O)c1ccccc1SCC(=O)Nc1cccc(C#N)c1)c1ccncc1. The summed E-state index contributed by atoms with van der Waals surface area (Å²) >= 11 is 1.29. The predicted molar refractivity (Wildman–Crippen MR) is 117 cm³/mol. The van der Waals surface area contributed by atoms with E-state index in [2.05, 4.69) is 15.6 Å². The number of rotatable bonds is 7. The summed E-state index contributed by atoms with van der Waals surface area (Å²) < 4.78 is 0. The molecule has 2 aromatic carbocycles. The number of hydrogen-bond donors (Lipinski definition) is 2. The van der Waals surface area contributed by atoms with Crippen LogP contribution in [0, 0.1) is 11.3 Å². The third-order valence-corrected chi connectivity index (χ3v) is 5.39. The Bertz CT molecular complexity index is 1080. The van der Waals surface area contributed by atoms with Gasteiger partial charge in [-0.1, -0.05) is 18.2 Å². The molecule has 150 valence electrons. The van der Waals surface area contributed by atoms with Gasteiger partial charge >= 0.3 is 0 Å². The lowest BCUT2D eigenvalue weighted by atomic mass is 10.1. The first-order valence-corrected chi connectivity index (χ1v) is 10.3. The summed E-state index contributed by atoms with van der Waals surface area (Å²) in [6, 6.07) is 19.5. The van der Waals surface area contributed by atoms with Crippen molar-refractivity contribution < 1.29 is 9.59 Å². The van der Waals surface area contributed by atoms with Crippen LogP contribution in [0.15, 0.2) is 78.0 Å². The van der Waals surface area contributed by atoms with Gasteiger partial charge in [0.2, 0.25) is 5.91 Å². The zero-order valence-corrected chi connectivity index (χ0v) is 17.1. The summed E-state index contributed by atoms with van der Waals surface area (Å²) in [6.45, 7) is 1.91. The molecule has 3 rings (SSSR count). The average molecular weight is 417 g/mol. The van der Waals surface area contributed by atoms with Crippen molar-refractivity contribution in [2.75, 3.05) is 11.1 Å². The molecule has 0 aliphatic heterocycles. The van der Waals surface area contributed by atoms with Crippen LogP contribution < -0.4 is 10.6 Å². The minimum atomic E-state index is -0.213. The Morgan fingerprint density at radius 3 is 2.63 bits per heavy atom. The highest BCUT2D eigenvalue weighted by Crippen LogP contribution is 2.24. The van der Waals surface area contributed by atoms with E-state index in [4.69, 9.17) is 5.26 Å². The fourth-order valence-electron chi connectivity index (χ4n) is 2.80. The van der Waals surface area contributed by atoms with Crippen molar-refractivity contribution in [3.8, 4) is 6.07 Å². The molecule has 6 nitrogen and oxygen atoms in total. The second-order valence-corrected chi connectivity index (χ2v) is 7.52. The summed E-state index contributed by atoms with van der Waals surface area (Å²) in [5.41, 5.74) is 2.52. The Morgan fingerprint density at radius 1 is 1.10 bits per heavy atom. The van der Waals surface area contributed by atoms with E-state index in [1.165, 1.54) is 11.8 Å². The first-order chi connectivity index (χ1) is 14.6. The normalized spacial score (nSPS) is 11.2. The maximum absolute atomic E-state index is 12.8. The van der Waals surface area contributed by atoms with E-state index in [-0.39, 0.29) is 23.6 Å². The van der Waals surface area contributed by atoms with Gasteiger partial charge in [0, 0.05) is 23.0 Å². The molecule has 2 amide bonds. The number of benzene rings is 2. The fraction of sp³-hybridized carbons (Fsp3) is 0.130. The number of nitrogens with one attached hydrogen (secondary N) is 2. The monoisotopic (exact) mass is 416 g/mol. The summed E-state index contributed by atoms with van der Waals surface area (Å²) in [5.74, 6) is -0.277. The third kappa shape index (κ3) is 5.69. The topological polar surface area (TPSA) is 94.9 Å². The summed E-state index contributed by atoms with van der Waals surface area (Å²) in [5, 5.41) is 14.7. The van der Waals surface area contributed by atoms with Crippen LogP contribution in [-0.4, -0.2) is 22.6 Å². The van der Waals surface area contributed by atoms with E-state index in [1.54, 1.807) is 48.8 Å². The molecule has 0 radical (unpaired) electrons. The molecule has 0 aliphatic rings. The van der Waals surface area contributed by atoms with Gasteiger partial charge in [-0.3, -0.25) is 14.6 Å². The highest BCUT2D eigenvalue weighted by Gasteiger charge is 2.16. The van der Waals surface area contributed by atoms with Crippen molar-refractivity contribution >= 4 is 29.3 Å². The van der Waals surface area contributed by atoms with E-state index in [9.17, 15) is 9.59 Å². The molecule has 1 unspecified atom stereocenters. The maximum Gasteiger partial charge on any atom is 0.252 e. The minimum Gasteiger partial charge on any atom is -0.345 e. The van der Waals surface area contributed by atoms with Crippen molar-refractivity contribution in [3.05, 3.63) is 89.7 Å². The van der Waals surface area contributed by atoms with Gasteiger partial charge in [0.15, 0.2) is 0 Å². The molecule has 0 bridgehead atoms. The second kappa shape index (κ2) is 10.2. The highest BCUT2D eigenvalue weighted by molar-refractivity contribution is 8.00. The van der Waals surface area contributed by atoms with Gasteiger partial charge in [-0.2, -0.15) is 5.26 Å². The molecule has 0 spiro atoms. The molecule has 30 heavy (non-hydrogen) atoms. The Morgan fingerprint density at radius 2 is 1.87 bits per heavy atom. The Hall–Kier alpha value is -3.63. The van der Waals surface area contributed by atoms with E-state index >= 15 is 0 Å². The molecule has 1 atom stereocenters. The van der Waals surface area contributed by atoms with Crippen molar-refractivity contribution in [2.45, 2.75) is 17.9 Å². The van der Waals surface area contributed by atoms with Gasteiger partial charge in [-0.25, -0.2) is 0 Å². The number of carbonyl (C=O) groups excluding carboxylic acids is 2. The number of amides is 2. The van der Waals surface area contributed by atoms with Crippen LogP contribution in [0.25, 0.3) is 0 Å². The Balaban J connectivity index is 1.62. The van der Waals surface area contributed by atoms with Crippen LogP contribution in [0.1, 0.15) is 34.5 Å². The summed E-state index contributed by atoms with van der Waals surface area (Å²) in [4.78, 5) is 29.8. The minimum absolute atomic E-state index is 0.140. The van der Waals surface area contributed by atoms with Crippen LogP contribution in [0.2, 0.25) is 0 Å². The number of hydrogen-bond acceptors (Lipinski definition) is 5. The van der Waals surface area contributed by atoms with Gasteiger partial charge in [0.1, 0.15) is 0 Å². The van der Waals surface area contributed by atoms with Crippen molar-refractivity contribution in [1.82, 2.24) is 10.3 Å². The Labute approximate surface area is 179 Å². The van der Waals surface area contributed by atoms with E-state index < -0.39 is 0 Å². The summed E-state index contributed by atoms with van der Waals surface area (Å²) in [7, 11) is 0. The van der Waals surface area contributed by atoms with E-state index in [0.717, 1.165) is 10.5 Å². The number of carbonyl (C=O) groups is 2. The van der Waals surface area contributed by atoms with Crippen LogP contribution in [0.5, 0.6) is 0 Å². The van der Waals surface area contributed by atoms with E-state index in [0.29, 0.717) is 16.8 Å². The lowest BCUT2D eigenvalue weighted by Gasteiger charge is -2.15. The quantitative estimate of drug-likeness (QED) is 0.564. The first-order valence-electron chi connectivity index (χ1n) is 9.29. The zero-order valence-electron chi connectivity index (χ0n) is 16.3. The number of nitriles is 1. The van der Waals surface area contributed by atoms with Crippen LogP contribution in [0.4, 0.5) is 5.69 Å². The van der Waals surface area contributed by atoms with Crippen LogP contribution in [0.3, 0.4) is 0 Å². The van der Waals surface area contributed by atoms with Gasteiger partial charge in [0.05, 0.1) is 29.0 Å². The zero-order chi connectivity index (χ0) is 21.3. The highest BCUT2D eigenvalue weighted by atomic mass is 32.2. The number of anilines is 1. The molecule has 0 saturated carbocycles. The number of nitrogens with zero attached hydrogens (tertiary/aromatic N) is 2. The van der Waals surface area contributed by atoms with Gasteiger partial charge in [-0.15, -0.1) is 11.8 Å². The van der Waals surface area contributed by atoms with Crippen molar-refractivity contribution in [3.63, 3.8) is 0 Å². The lowest BCUT2D eigenvalue weighted by Crippen LogP contribution is -2.27. The second-order valence-electron chi connectivity index (χ2n) is 6.50. The fourth-order valence-corrected chi connectivity index (χ4v) is 3.65. The van der Waals surface area contributed by atoms with Crippen LogP contribution >= 0.6 is 11.8 Å². The summed E-state index contributed by atoms with van der Waals surface area (Å²) in [6.07, 6.45) is 3.37. The Kier molecular flexibility index (Phi) is 7.19. The molecule has 3 aromatic rings. The van der Waals surface area contributed by atoms with Crippen molar-refractivity contribution in [2.24, 2.45) is 0 Å². The molecule has 1 heterocycles. The standard InChI is InChI=1S/C23H20N4O2S/c1-16(18-9-11-25-12-10-18)26-23(29)20-7-2-3-8-21(20)30-15-22(28)27-19-6-4-5-17(13-19)14-24/h2-13,16H,15H2,1H3,(H,26,29)(H,27,28). The van der Waals surface area contributed by atoms with Crippen LogP contribution in [-0.2, 0) is 4.79 Å². The largest absolute Gasteiger partial charge is 0.345 e. The molecule has 2 N–H and O–H groups in total. The number of pyridine rings is 1. The van der Waals surface area contributed by atoms with Gasteiger partial charge in [0.25, 0.3) is 5.91 Å². The van der Waals surface area contributed by atoms with E-state index in [1.807, 2.05) is 37.3 Å². The predicted octanol–water partition coefficient (Wildman–Crippen LogP) is 4.18. The first kappa shape index (κ1) is 21.1.